The summed E-state index contributed by atoms with van der Waals surface area (Å²) in [6.07, 6.45) is 5.47. The minimum absolute atomic E-state index is 0.353. The molecule has 1 aliphatic carbocycles. The molecule has 0 aromatic heterocycles. The fourth-order valence-electron chi connectivity index (χ4n) is 1.98. The molecule has 1 N–H and O–H groups in total. The van der Waals surface area contributed by atoms with Crippen molar-refractivity contribution in [2.24, 2.45) is 11.8 Å². The van der Waals surface area contributed by atoms with Crippen LogP contribution in [0.5, 0.6) is 0 Å². The molecule has 0 radical (unpaired) electrons. The van der Waals surface area contributed by atoms with E-state index in [1.54, 1.807) is 0 Å². The van der Waals surface area contributed by atoms with Gasteiger partial charge in [0.05, 0.1) is 5.60 Å². The zero-order valence-corrected chi connectivity index (χ0v) is 11.4. The van der Waals surface area contributed by atoms with Crippen LogP contribution in [-0.2, 0) is 0 Å². The third-order valence-electron chi connectivity index (χ3n) is 3.74. The molecule has 3 atom stereocenters. The Morgan fingerprint density at radius 1 is 1.40 bits per heavy atom. The lowest BCUT2D eigenvalue weighted by molar-refractivity contribution is 0.0375. The van der Waals surface area contributed by atoms with Crippen molar-refractivity contribution in [3.8, 4) is 0 Å². The number of aliphatic hydroxyl groups is 1. The number of rotatable bonds is 4. The highest BCUT2D eigenvalue weighted by molar-refractivity contribution is 7.99. The van der Waals surface area contributed by atoms with E-state index >= 15 is 0 Å². The second kappa shape index (κ2) is 5.58. The van der Waals surface area contributed by atoms with Crippen molar-refractivity contribution in [1.82, 2.24) is 0 Å². The molecule has 1 saturated carbocycles. The van der Waals surface area contributed by atoms with E-state index in [2.05, 4.69) is 20.8 Å². The summed E-state index contributed by atoms with van der Waals surface area (Å²) >= 11 is 1.99. The quantitative estimate of drug-likeness (QED) is 0.794. The highest BCUT2D eigenvalue weighted by Gasteiger charge is 2.27. The lowest BCUT2D eigenvalue weighted by atomic mass is 9.90. The van der Waals surface area contributed by atoms with Crippen molar-refractivity contribution in [3.63, 3.8) is 0 Å². The van der Waals surface area contributed by atoms with E-state index < -0.39 is 5.60 Å². The minimum Gasteiger partial charge on any atom is -0.389 e. The van der Waals surface area contributed by atoms with Crippen molar-refractivity contribution in [2.45, 2.75) is 64.2 Å². The van der Waals surface area contributed by atoms with Crippen LogP contribution in [0.4, 0.5) is 0 Å². The Balaban J connectivity index is 2.30. The molecule has 15 heavy (non-hydrogen) atoms. The fourth-order valence-corrected chi connectivity index (χ4v) is 3.69. The predicted octanol–water partition coefficient (Wildman–Crippen LogP) is 3.71. The SMILES string of the molecule is CC1CCCC(SCC(C)(O)C(C)C)C1. The maximum absolute atomic E-state index is 10.2. The molecule has 0 amide bonds. The molecule has 2 heteroatoms. The topological polar surface area (TPSA) is 20.2 Å². The Morgan fingerprint density at radius 2 is 2.07 bits per heavy atom. The third kappa shape index (κ3) is 4.36. The summed E-state index contributed by atoms with van der Waals surface area (Å²) in [6.45, 7) is 8.53. The van der Waals surface area contributed by atoms with E-state index in [1.807, 2.05) is 18.7 Å². The second-order valence-corrected chi connectivity index (χ2v) is 7.01. The van der Waals surface area contributed by atoms with Crippen molar-refractivity contribution in [1.29, 1.82) is 0 Å². The Kier molecular flexibility index (Phi) is 4.98. The standard InChI is InChI=1S/C13H26OS/c1-10(2)13(4,14)9-15-12-7-5-6-11(3)8-12/h10-12,14H,5-9H2,1-4H3. The van der Waals surface area contributed by atoms with Crippen molar-refractivity contribution in [2.75, 3.05) is 5.75 Å². The maximum Gasteiger partial charge on any atom is 0.0732 e. The summed E-state index contributed by atoms with van der Waals surface area (Å²) in [4.78, 5) is 0. The van der Waals surface area contributed by atoms with Gasteiger partial charge in [-0.15, -0.1) is 0 Å². The van der Waals surface area contributed by atoms with Gasteiger partial charge < -0.3 is 5.11 Å². The molecule has 1 aliphatic rings. The predicted molar refractivity (Wildman–Crippen MR) is 69.3 cm³/mol. The number of hydrogen-bond donors (Lipinski definition) is 1. The first-order valence-corrected chi connectivity index (χ1v) is 7.30. The average molecular weight is 230 g/mol. The van der Waals surface area contributed by atoms with E-state index in [0.717, 1.165) is 16.9 Å². The molecule has 0 aromatic carbocycles. The van der Waals surface area contributed by atoms with Gasteiger partial charge in [-0.05, 0) is 31.6 Å². The summed E-state index contributed by atoms with van der Waals surface area (Å²) < 4.78 is 0. The van der Waals surface area contributed by atoms with E-state index in [1.165, 1.54) is 25.7 Å². The van der Waals surface area contributed by atoms with Gasteiger partial charge in [0.2, 0.25) is 0 Å². The molecule has 1 rings (SSSR count). The van der Waals surface area contributed by atoms with E-state index in [0.29, 0.717) is 5.92 Å². The van der Waals surface area contributed by atoms with Crippen LogP contribution in [-0.4, -0.2) is 21.7 Å². The first kappa shape index (κ1) is 13.4. The molecule has 0 bridgehead atoms. The lowest BCUT2D eigenvalue weighted by Gasteiger charge is -2.32. The largest absolute Gasteiger partial charge is 0.389 e. The monoisotopic (exact) mass is 230 g/mol. The molecule has 0 spiro atoms. The van der Waals surface area contributed by atoms with Gasteiger partial charge >= 0.3 is 0 Å². The van der Waals surface area contributed by atoms with E-state index in [-0.39, 0.29) is 0 Å². The molecular formula is C13H26OS. The molecule has 1 fully saturated rings. The third-order valence-corrected chi connectivity index (χ3v) is 5.39. The molecule has 0 aliphatic heterocycles. The fraction of sp³-hybridized carbons (Fsp3) is 1.00. The van der Waals surface area contributed by atoms with E-state index in [9.17, 15) is 5.11 Å². The maximum atomic E-state index is 10.2. The van der Waals surface area contributed by atoms with Crippen LogP contribution in [0, 0.1) is 11.8 Å². The smallest absolute Gasteiger partial charge is 0.0732 e. The Morgan fingerprint density at radius 3 is 2.60 bits per heavy atom. The summed E-state index contributed by atoms with van der Waals surface area (Å²) in [5, 5.41) is 11.0. The molecule has 3 unspecified atom stereocenters. The summed E-state index contributed by atoms with van der Waals surface area (Å²) in [5.41, 5.74) is -0.495. The Bertz CT molecular complexity index is 189. The number of thioether (sulfide) groups is 1. The zero-order chi connectivity index (χ0) is 11.5. The van der Waals surface area contributed by atoms with Crippen LogP contribution in [0.15, 0.2) is 0 Å². The van der Waals surface area contributed by atoms with Crippen LogP contribution >= 0.6 is 11.8 Å². The molecular weight excluding hydrogens is 204 g/mol. The van der Waals surface area contributed by atoms with Gasteiger partial charge in [0, 0.05) is 11.0 Å². The van der Waals surface area contributed by atoms with Crippen LogP contribution in [0.3, 0.4) is 0 Å². The van der Waals surface area contributed by atoms with Crippen LogP contribution in [0.2, 0.25) is 0 Å². The highest BCUT2D eigenvalue weighted by Crippen LogP contribution is 2.34. The molecule has 0 aromatic rings. The van der Waals surface area contributed by atoms with E-state index in [4.69, 9.17) is 0 Å². The first-order chi connectivity index (χ1) is 6.92. The van der Waals surface area contributed by atoms with Crippen molar-refractivity contribution >= 4 is 11.8 Å². The van der Waals surface area contributed by atoms with Crippen molar-refractivity contribution < 1.29 is 5.11 Å². The Labute approximate surface area is 99.0 Å². The normalized spacial score (nSPS) is 31.6. The first-order valence-electron chi connectivity index (χ1n) is 6.26. The van der Waals surface area contributed by atoms with Gasteiger partial charge in [0.1, 0.15) is 0 Å². The van der Waals surface area contributed by atoms with Gasteiger partial charge in [0.15, 0.2) is 0 Å². The van der Waals surface area contributed by atoms with Gasteiger partial charge in [-0.1, -0.05) is 33.6 Å². The van der Waals surface area contributed by atoms with Crippen molar-refractivity contribution in [3.05, 3.63) is 0 Å². The molecule has 0 heterocycles. The summed E-state index contributed by atoms with van der Waals surface area (Å²) in [6, 6.07) is 0. The molecule has 1 nitrogen and oxygen atoms in total. The van der Waals surface area contributed by atoms with Gasteiger partial charge in [-0.25, -0.2) is 0 Å². The van der Waals surface area contributed by atoms with Crippen LogP contribution in [0.1, 0.15) is 53.4 Å². The lowest BCUT2D eigenvalue weighted by Crippen LogP contribution is -2.35. The average Bonchev–Trinajstić information content (AvgIpc) is 2.15. The van der Waals surface area contributed by atoms with Gasteiger partial charge in [-0.2, -0.15) is 11.8 Å². The Hall–Kier alpha value is 0.310. The second-order valence-electron chi connectivity index (χ2n) is 5.72. The van der Waals surface area contributed by atoms with Crippen LogP contribution in [0.25, 0.3) is 0 Å². The summed E-state index contributed by atoms with van der Waals surface area (Å²) in [5.74, 6) is 2.13. The minimum atomic E-state index is -0.495. The summed E-state index contributed by atoms with van der Waals surface area (Å²) in [7, 11) is 0. The highest BCUT2D eigenvalue weighted by atomic mass is 32.2. The molecule has 0 saturated heterocycles. The molecule has 90 valence electrons. The van der Waals surface area contributed by atoms with Gasteiger partial charge in [0.25, 0.3) is 0 Å². The van der Waals surface area contributed by atoms with Crippen LogP contribution < -0.4 is 0 Å². The number of hydrogen-bond acceptors (Lipinski definition) is 2. The van der Waals surface area contributed by atoms with Gasteiger partial charge in [-0.3, -0.25) is 0 Å². The zero-order valence-electron chi connectivity index (χ0n) is 10.6.